The molecule has 16 heavy (non-hydrogen) atoms. The second-order valence-corrected chi connectivity index (χ2v) is 4.96. The summed E-state index contributed by atoms with van der Waals surface area (Å²) in [6.45, 7) is 0. The smallest absolute Gasteiger partial charge is 0.347 e. The molecule has 86 valence electrons. The van der Waals surface area contributed by atoms with Gasteiger partial charge in [-0.25, -0.2) is 4.98 Å². The average Bonchev–Trinajstić information content (AvgIpc) is 2.58. The zero-order chi connectivity index (χ0) is 11.8. The number of aliphatic hydroxyl groups is 1. The Labute approximate surface area is 99.5 Å². The van der Waals surface area contributed by atoms with E-state index < -0.39 is 11.5 Å². The first-order chi connectivity index (χ1) is 7.47. The Morgan fingerprint density at radius 3 is 2.75 bits per heavy atom. The van der Waals surface area contributed by atoms with E-state index in [9.17, 15) is 8.78 Å². The van der Waals surface area contributed by atoms with Gasteiger partial charge in [0.1, 0.15) is 6.10 Å². The van der Waals surface area contributed by atoms with Crippen LogP contribution in [-0.2, 0) is 6.42 Å². The molecule has 0 spiro atoms. The van der Waals surface area contributed by atoms with Crippen molar-refractivity contribution in [3.05, 3.63) is 29.3 Å². The summed E-state index contributed by atoms with van der Waals surface area (Å²) >= 11 is 6.00. The Kier molecular flexibility index (Phi) is 3.10. The van der Waals surface area contributed by atoms with E-state index in [2.05, 4.69) is 4.98 Å². The van der Waals surface area contributed by atoms with Crippen molar-refractivity contribution in [3.63, 3.8) is 0 Å². The number of thiazole rings is 1. The SMILES string of the molecule is OC(Cc1nc2ccccc2s1)C(F)(F)Cl. The zero-order valence-electron chi connectivity index (χ0n) is 8.03. The highest BCUT2D eigenvalue weighted by Gasteiger charge is 2.36. The molecule has 1 aromatic carbocycles. The van der Waals surface area contributed by atoms with E-state index in [1.54, 1.807) is 6.07 Å². The lowest BCUT2D eigenvalue weighted by Gasteiger charge is -2.13. The maximum Gasteiger partial charge on any atom is 0.347 e. The number of alkyl halides is 3. The molecule has 1 unspecified atom stereocenters. The summed E-state index contributed by atoms with van der Waals surface area (Å²) in [5.41, 5.74) is 0.743. The van der Waals surface area contributed by atoms with Gasteiger partial charge in [-0.15, -0.1) is 11.3 Å². The molecule has 2 aromatic rings. The number of benzene rings is 1. The van der Waals surface area contributed by atoms with Crippen LogP contribution >= 0.6 is 22.9 Å². The molecular formula is C10H8ClF2NOS. The molecule has 1 N–H and O–H groups in total. The summed E-state index contributed by atoms with van der Waals surface area (Å²) in [4.78, 5) is 4.13. The van der Waals surface area contributed by atoms with Gasteiger partial charge in [-0.3, -0.25) is 0 Å². The summed E-state index contributed by atoms with van der Waals surface area (Å²) in [6.07, 6.45) is -2.15. The van der Waals surface area contributed by atoms with Crippen LogP contribution in [0.25, 0.3) is 10.2 Å². The minimum Gasteiger partial charge on any atom is -0.385 e. The van der Waals surface area contributed by atoms with Crippen LogP contribution in [0.15, 0.2) is 24.3 Å². The number of halogens is 3. The normalized spacial score (nSPS) is 14.2. The molecule has 1 aromatic heterocycles. The van der Waals surface area contributed by atoms with Crippen molar-refractivity contribution in [1.82, 2.24) is 4.98 Å². The molecule has 0 radical (unpaired) electrons. The van der Waals surface area contributed by atoms with Crippen molar-refractivity contribution in [2.45, 2.75) is 17.9 Å². The van der Waals surface area contributed by atoms with E-state index in [1.165, 1.54) is 11.3 Å². The zero-order valence-corrected chi connectivity index (χ0v) is 9.60. The Bertz CT molecular complexity index is 464. The first-order valence-corrected chi connectivity index (χ1v) is 5.75. The van der Waals surface area contributed by atoms with Gasteiger partial charge in [-0.2, -0.15) is 8.78 Å². The van der Waals surface area contributed by atoms with Crippen LogP contribution in [0.1, 0.15) is 5.01 Å². The number of fused-ring (bicyclic) bond motifs is 1. The third-order valence-corrected chi connectivity index (χ3v) is 3.39. The van der Waals surface area contributed by atoms with E-state index in [0.717, 1.165) is 10.2 Å². The number of aromatic nitrogens is 1. The van der Waals surface area contributed by atoms with Crippen LogP contribution in [0, 0.1) is 0 Å². The number of rotatable bonds is 3. The number of para-hydroxylation sites is 1. The molecule has 0 saturated carbocycles. The van der Waals surface area contributed by atoms with Gasteiger partial charge < -0.3 is 5.11 Å². The van der Waals surface area contributed by atoms with E-state index in [0.29, 0.717) is 5.01 Å². The molecule has 0 fully saturated rings. The predicted molar refractivity (Wildman–Crippen MR) is 60.1 cm³/mol. The highest BCUT2D eigenvalue weighted by Crippen LogP contribution is 2.28. The Morgan fingerprint density at radius 2 is 2.12 bits per heavy atom. The van der Waals surface area contributed by atoms with E-state index in [4.69, 9.17) is 16.7 Å². The topological polar surface area (TPSA) is 33.1 Å². The summed E-state index contributed by atoms with van der Waals surface area (Å²) in [7, 11) is 0. The second kappa shape index (κ2) is 4.24. The lowest BCUT2D eigenvalue weighted by molar-refractivity contribution is -0.0397. The van der Waals surface area contributed by atoms with Crippen molar-refractivity contribution in [2.24, 2.45) is 0 Å². The monoisotopic (exact) mass is 263 g/mol. The van der Waals surface area contributed by atoms with Gasteiger partial charge in [-0.1, -0.05) is 12.1 Å². The van der Waals surface area contributed by atoms with E-state index in [-0.39, 0.29) is 6.42 Å². The maximum atomic E-state index is 12.5. The fourth-order valence-corrected chi connectivity index (χ4v) is 2.37. The van der Waals surface area contributed by atoms with Gasteiger partial charge in [0.2, 0.25) is 0 Å². The molecule has 1 atom stereocenters. The molecule has 0 saturated heterocycles. The second-order valence-electron chi connectivity index (χ2n) is 3.34. The van der Waals surface area contributed by atoms with Crippen molar-refractivity contribution in [3.8, 4) is 0 Å². The lowest BCUT2D eigenvalue weighted by atomic mass is 10.3. The molecule has 1 heterocycles. The molecule has 0 aliphatic rings. The molecule has 0 aliphatic carbocycles. The fourth-order valence-electron chi connectivity index (χ4n) is 1.29. The van der Waals surface area contributed by atoms with Gasteiger partial charge >= 0.3 is 5.38 Å². The Morgan fingerprint density at radius 1 is 1.44 bits per heavy atom. The largest absolute Gasteiger partial charge is 0.385 e. The molecular weight excluding hydrogens is 256 g/mol. The first kappa shape index (κ1) is 11.7. The van der Waals surface area contributed by atoms with Crippen LogP contribution in [0.3, 0.4) is 0 Å². The molecule has 2 rings (SSSR count). The first-order valence-electron chi connectivity index (χ1n) is 4.56. The Hall–Kier alpha value is -0.780. The fraction of sp³-hybridized carbons (Fsp3) is 0.300. The molecule has 2 nitrogen and oxygen atoms in total. The van der Waals surface area contributed by atoms with Crippen molar-refractivity contribution in [2.75, 3.05) is 0 Å². The van der Waals surface area contributed by atoms with Gasteiger partial charge in [0, 0.05) is 6.42 Å². The van der Waals surface area contributed by atoms with Gasteiger partial charge in [0.15, 0.2) is 0 Å². The average molecular weight is 264 g/mol. The minimum absolute atomic E-state index is 0.240. The van der Waals surface area contributed by atoms with Crippen LogP contribution < -0.4 is 0 Å². The van der Waals surface area contributed by atoms with Gasteiger partial charge in [0.25, 0.3) is 0 Å². The summed E-state index contributed by atoms with van der Waals surface area (Å²) in [5, 5.41) is 5.99. The van der Waals surface area contributed by atoms with Gasteiger partial charge in [-0.05, 0) is 23.7 Å². The molecule has 0 amide bonds. The molecule has 0 aliphatic heterocycles. The lowest BCUT2D eigenvalue weighted by Crippen LogP contribution is -2.29. The summed E-state index contributed by atoms with van der Waals surface area (Å²) < 4.78 is 26.0. The van der Waals surface area contributed by atoms with Crippen molar-refractivity contribution >= 4 is 33.2 Å². The van der Waals surface area contributed by atoms with Crippen molar-refractivity contribution < 1.29 is 13.9 Å². The van der Waals surface area contributed by atoms with Crippen LogP contribution in [0.4, 0.5) is 8.78 Å². The van der Waals surface area contributed by atoms with Crippen molar-refractivity contribution in [1.29, 1.82) is 0 Å². The van der Waals surface area contributed by atoms with E-state index in [1.807, 2.05) is 18.2 Å². The quantitative estimate of drug-likeness (QED) is 0.864. The highest BCUT2D eigenvalue weighted by molar-refractivity contribution is 7.18. The molecule has 0 bridgehead atoms. The molecule has 6 heteroatoms. The number of hydrogen-bond acceptors (Lipinski definition) is 3. The van der Waals surface area contributed by atoms with Crippen LogP contribution in [0.2, 0.25) is 0 Å². The number of aliphatic hydroxyl groups excluding tert-OH is 1. The standard InChI is InChI=1S/C10H8ClF2NOS/c11-10(12,13)8(15)5-9-14-6-3-1-2-4-7(6)16-9/h1-4,8,15H,5H2. The third kappa shape index (κ3) is 2.48. The minimum atomic E-state index is -3.61. The van der Waals surface area contributed by atoms with E-state index >= 15 is 0 Å². The third-order valence-electron chi connectivity index (χ3n) is 2.08. The van der Waals surface area contributed by atoms with Crippen LogP contribution in [-0.4, -0.2) is 21.6 Å². The van der Waals surface area contributed by atoms with Gasteiger partial charge in [0.05, 0.1) is 15.2 Å². The van der Waals surface area contributed by atoms with Crippen LogP contribution in [0.5, 0.6) is 0 Å². The number of hydrogen-bond donors (Lipinski definition) is 1. The summed E-state index contributed by atoms with van der Waals surface area (Å²) in [5.74, 6) is 0. The maximum absolute atomic E-state index is 12.5. The predicted octanol–water partition coefficient (Wildman–Crippen LogP) is 3.03. The number of nitrogens with zero attached hydrogens (tertiary/aromatic N) is 1. The Balaban J connectivity index is 2.22. The summed E-state index contributed by atoms with van der Waals surface area (Å²) in [6, 6.07) is 7.30. The highest BCUT2D eigenvalue weighted by atomic mass is 35.5.